The number of carbonyl (C=O) groups excluding carboxylic acids is 1. The molecule has 0 aromatic heterocycles. The lowest BCUT2D eigenvalue weighted by molar-refractivity contribution is -0.137. The van der Waals surface area contributed by atoms with Crippen LogP contribution >= 0.6 is 11.8 Å². The van der Waals surface area contributed by atoms with Crippen LogP contribution in [-0.2, 0) is 9.59 Å². The quantitative estimate of drug-likeness (QED) is 0.759. The number of hydrogen-bond donors (Lipinski definition) is 2. The number of aliphatic carboxylic acids is 1. The molecule has 0 saturated carbocycles. The van der Waals surface area contributed by atoms with Gasteiger partial charge in [0.05, 0.1) is 5.75 Å². The molecule has 1 aromatic carbocycles. The zero-order valence-electron chi connectivity index (χ0n) is 12.1. The van der Waals surface area contributed by atoms with Gasteiger partial charge in [-0.05, 0) is 38.8 Å². The minimum Gasteiger partial charge on any atom is -0.481 e. The van der Waals surface area contributed by atoms with Crippen molar-refractivity contribution in [2.75, 3.05) is 5.75 Å². The van der Waals surface area contributed by atoms with Gasteiger partial charge in [-0.3, -0.25) is 9.59 Å². The standard InChI is InChI=1S/C15H21NO3S/c1-10-4-6-13(11(2)8-10)20-9-14(17)16-12(3)5-7-15(18)19/h4,6,8,12H,5,7,9H2,1-3H3,(H,16,17)(H,18,19). The Hall–Kier alpha value is -1.49. The minimum atomic E-state index is -0.837. The molecule has 1 aromatic rings. The van der Waals surface area contributed by atoms with Crippen LogP contribution in [0.15, 0.2) is 23.1 Å². The lowest BCUT2D eigenvalue weighted by atomic mass is 10.2. The van der Waals surface area contributed by atoms with E-state index in [0.717, 1.165) is 4.90 Å². The second-order valence-corrected chi connectivity index (χ2v) is 5.98. The number of benzene rings is 1. The third kappa shape index (κ3) is 6.10. The van der Waals surface area contributed by atoms with Gasteiger partial charge in [-0.15, -0.1) is 11.8 Å². The van der Waals surface area contributed by atoms with E-state index in [1.165, 1.54) is 22.9 Å². The normalized spacial score (nSPS) is 11.9. The molecule has 5 heteroatoms. The number of nitrogens with one attached hydrogen (secondary N) is 1. The maximum atomic E-state index is 11.8. The van der Waals surface area contributed by atoms with Gasteiger partial charge in [0.2, 0.25) is 5.91 Å². The summed E-state index contributed by atoms with van der Waals surface area (Å²) in [7, 11) is 0. The Morgan fingerprint density at radius 3 is 2.65 bits per heavy atom. The molecule has 0 aliphatic carbocycles. The molecule has 20 heavy (non-hydrogen) atoms. The molecular weight excluding hydrogens is 274 g/mol. The Bertz CT molecular complexity index is 488. The first-order chi connectivity index (χ1) is 9.38. The van der Waals surface area contributed by atoms with Crippen LogP contribution in [0, 0.1) is 13.8 Å². The molecule has 0 heterocycles. The van der Waals surface area contributed by atoms with Gasteiger partial charge in [0.25, 0.3) is 0 Å². The number of amides is 1. The van der Waals surface area contributed by atoms with Crippen molar-refractivity contribution in [1.29, 1.82) is 0 Å². The van der Waals surface area contributed by atoms with E-state index in [9.17, 15) is 9.59 Å². The Morgan fingerprint density at radius 1 is 1.35 bits per heavy atom. The maximum Gasteiger partial charge on any atom is 0.303 e. The minimum absolute atomic E-state index is 0.0622. The van der Waals surface area contributed by atoms with Gasteiger partial charge in [0, 0.05) is 17.4 Å². The first kappa shape index (κ1) is 16.6. The molecule has 4 nitrogen and oxygen atoms in total. The van der Waals surface area contributed by atoms with Crippen LogP contribution in [0.25, 0.3) is 0 Å². The lowest BCUT2D eigenvalue weighted by Crippen LogP contribution is -2.34. The Morgan fingerprint density at radius 2 is 2.05 bits per heavy atom. The zero-order chi connectivity index (χ0) is 15.1. The Labute approximate surface area is 124 Å². The van der Waals surface area contributed by atoms with E-state index in [1.807, 2.05) is 32.9 Å². The highest BCUT2D eigenvalue weighted by Crippen LogP contribution is 2.22. The molecule has 1 rings (SSSR count). The van der Waals surface area contributed by atoms with E-state index in [1.54, 1.807) is 0 Å². The van der Waals surface area contributed by atoms with Crippen LogP contribution in [0.2, 0.25) is 0 Å². The van der Waals surface area contributed by atoms with E-state index >= 15 is 0 Å². The molecular formula is C15H21NO3S. The molecule has 0 spiro atoms. The molecule has 1 unspecified atom stereocenters. The number of carbonyl (C=O) groups is 2. The molecule has 1 atom stereocenters. The number of aryl methyl sites for hydroxylation is 2. The third-order valence-electron chi connectivity index (χ3n) is 2.89. The van der Waals surface area contributed by atoms with Gasteiger partial charge in [-0.1, -0.05) is 17.7 Å². The fourth-order valence-corrected chi connectivity index (χ4v) is 2.65. The zero-order valence-corrected chi connectivity index (χ0v) is 12.9. The number of rotatable bonds is 7. The van der Waals surface area contributed by atoms with E-state index in [4.69, 9.17) is 5.11 Å². The fourth-order valence-electron chi connectivity index (χ4n) is 1.83. The van der Waals surface area contributed by atoms with Crippen molar-refractivity contribution in [3.8, 4) is 0 Å². The van der Waals surface area contributed by atoms with Gasteiger partial charge in [-0.2, -0.15) is 0 Å². The summed E-state index contributed by atoms with van der Waals surface area (Å²) in [4.78, 5) is 23.3. The topological polar surface area (TPSA) is 66.4 Å². The molecule has 0 aliphatic heterocycles. The van der Waals surface area contributed by atoms with Gasteiger partial charge in [0.1, 0.15) is 0 Å². The van der Waals surface area contributed by atoms with Crippen LogP contribution in [0.3, 0.4) is 0 Å². The monoisotopic (exact) mass is 295 g/mol. The molecule has 110 valence electrons. The number of thioether (sulfide) groups is 1. The van der Waals surface area contributed by atoms with Gasteiger partial charge in [-0.25, -0.2) is 0 Å². The van der Waals surface area contributed by atoms with Crippen molar-refractivity contribution in [2.24, 2.45) is 0 Å². The van der Waals surface area contributed by atoms with Crippen LogP contribution in [0.1, 0.15) is 30.9 Å². The second kappa shape index (κ2) is 7.94. The highest BCUT2D eigenvalue weighted by atomic mass is 32.2. The average molecular weight is 295 g/mol. The molecule has 0 saturated heterocycles. The predicted molar refractivity (Wildman–Crippen MR) is 81.1 cm³/mol. The van der Waals surface area contributed by atoms with Gasteiger partial charge in [0.15, 0.2) is 0 Å². The van der Waals surface area contributed by atoms with E-state index in [2.05, 4.69) is 11.4 Å². The van der Waals surface area contributed by atoms with Crippen LogP contribution in [0.5, 0.6) is 0 Å². The molecule has 2 N–H and O–H groups in total. The number of carboxylic acids is 1. The summed E-state index contributed by atoms with van der Waals surface area (Å²) >= 11 is 1.50. The predicted octanol–water partition coefficient (Wildman–Crippen LogP) is 2.77. The van der Waals surface area contributed by atoms with Crippen LogP contribution in [0.4, 0.5) is 0 Å². The summed E-state index contributed by atoms with van der Waals surface area (Å²) in [5.41, 5.74) is 2.38. The van der Waals surface area contributed by atoms with Crippen molar-refractivity contribution in [3.05, 3.63) is 29.3 Å². The van der Waals surface area contributed by atoms with Crippen molar-refractivity contribution < 1.29 is 14.7 Å². The first-order valence-corrected chi connectivity index (χ1v) is 7.58. The molecule has 0 bridgehead atoms. The van der Waals surface area contributed by atoms with Crippen molar-refractivity contribution >= 4 is 23.6 Å². The van der Waals surface area contributed by atoms with E-state index in [-0.39, 0.29) is 18.4 Å². The Balaban J connectivity index is 2.37. The summed E-state index contributed by atoms with van der Waals surface area (Å²) in [5, 5.41) is 11.4. The van der Waals surface area contributed by atoms with Gasteiger partial charge >= 0.3 is 5.97 Å². The van der Waals surface area contributed by atoms with Gasteiger partial charge < -0.3 is 10.4 Å². The summed E-state index contributed by atoms with van der Waals surface area (Å²) in [6.45, 7) is 5.89. The third-order valence-corrected chi connectivity index (χ3v) is 4.06. The SMILES string of the molecule is Cc1ccc(SCC(=O)NC(C)CCC(=O)O)c(C)c1. The molecule has 0 fully saturated rings. The highest BCUT2D eigenvalue weighted by molar-refractivity contribution is 8.00. The molecule has 0 radical (unpaired) electrons. The van der Waals surface area contributed by atoms with Crippen LogP contribution in [-0.4, -0.2) is 28.8 Å². The largest absolute Gasteiger partial charge is 0.481 e. The molecule has 1 amide bonds. The maximum absolute atomic E-state index is 11.8. The lowest BCUT2D eigenvalue weighted by Gasteiger charge is -2.13. The van der Waals surface area contributed by atoms with E-state index in [0.29, 0.717) is 12.2 Å². The van der Waals surface area contributed by atoms with Crippen molar-refractivity contribution in [2.45, 2.75) is 44.6 Å². The number of hydrogen-bond acceptors (Lipinski definition) is 3. The Kier molecular flexibility index (Phi) is 6.58. The van der Waals surface area contributed by atoms with E-state index < -0.39 is 5.97 Å². The average Bonchev–Trinajstić information content (AvgIpc) is 2.35. The fraction of sp³-hybridized carbons (Fsp3) is 0.467. The summed E-state index contributed by atoms with van der Waals surface area (Å²) < 4.78 is 0. The highest BCUT2D eigenvalue weighted by Gasteiger charge is 2.10. The van der Waals surface area contributed by atoms with Crippen molar-refractivity contribution in [3.63, 3.8) is 0 Å². The second-order valence-electron chi connectivity index (χ2n) is 4.96. The smallest absolute Gasteiger partial charge is 0.303 e. The summed E-state index contributed by atoms with van der Waals surface area (Å²) in [6, 6.07) is 6.04. The summed E-state index contributed by atoms with van der Waals surface area (Å²) in [5.74, 6) is -0.551. The molecule has 0 aliphatic rings. The van der Waals surface area contributed by atoms with Crippen LogP contribution < -0.4 is 5.32 Å². The first-order valence-electron chi connectivity index (χ1n) is 6.59. The van der Waals surface area contributed by atoms with Crippen molar-refractivity contribution in [1.82, 2.24) is 5.32 Å². The number of carboxylic acid groups (broad SMARTS) is 1. The summed E-state index contributed by atoms with van der Waals surface area (Å²) in [6.07, 6.45) is 0.529.